The van der Waals surface area contributed by atoms with Gasteiger partial charge >= 0.3 is 0 Å². The van der Waals surface area contributed by atoms with Crippen LogP contribution in [-0.4, -0.2) is 6.61 Å². The van der Waals surface area contributed by atoms with Crippen LogP contribution >= 0.6 is 0 Å². The molecule has 0 fully saturated rings. The third kappa shape index (κ3) is 10.1. The van der Waals surface area contributed by atoms with E-state index in [1.807, 2.05) is 6.26 Å². The van der Waals surface area contributed by atoms with Crippen LogP contribution in [0.25, 0.3) is 0 Å². The predicted molar refractivity (Wildman–Crippen MR) is 72.6 cm³/mol. The molecule has 0 aromatic heterocycles. The van der Waals surface area contributed by atoms with Gasteiger partial charge in [0.1, 0.15) is 0 Å². The molecule has 0 aromatic carbocycles. The van der Waals surface area contributed by atoms with Gasteiger partial charge < -0.3 is 4.74 Å². The zero-order valence-corrected chi connectivity index (χ0v) is 11.6. The van der Waals surface area contributed by atoms with Crippen LogP contribution in [-0.2, 0) is 4.74 Å². The van der Waals surface area contributed by atoms with Crippen molar-refractivity contribution < 1.29 is 4.74 Å². The van der Waals surface area contributed by atoms with Gasteiger partial charge in [-0.05, 0) is 24.8 Å². The highest BCUT2D eigenvalue weighted by Gasteiger charge is 1.92. The van der Waals surface area contributed by atoms with Crippen LogP contribution < -0.4 is 0 Å². The summed E-state index contributed by atoms with van der Waals surface area (Å²) in [5.74, 6) is 0. The Kier molecular flexibility index (Phi) is 12.2. The first-order chi connectivity index (χ1) is 7.85. The van der Waals surface area contributed by atoms with E-state index in [1.54, 1.807) is 0 Å². The summed E-state index contributed by atoms with van der Waals surface area (Å²) in [6.07, 6.45) is 13.7. The van der Waals surface area contributed by atoms with Crippen molar-refractivity contribution in [1.82, 2.24) is 0 Å². The molecule has 1 heteroatoms. The minimum Gasteiger partial charge on any atom is -0.501 e. The Labute approximate surface area is 102 Å². The minimum atomic E-state index is 0.900. The first-order valence-corrected chi connectivity index (χ1v) is 7.14. The Morgan fingerprint density at radius 2 is 1.38 bits per heavy atom. The van der Waals surface area contributed by atoms with Gasteiger partial charge in [-0.2, -0.15) is 0 Å². The van der Waals surface area contributed by atoms with Gasteiger partial charge in [-0.15, -0.1) is 0 Å². The Morgan fingerprint density at radius 1 is 0.812 bits per heavy atom. The molecule has 0 aliphatic carbocycles. The normalized spacial score (nSPS) is 10.2. The fraction of sp³-hybridized carbons (Fsp3) is 0.867. The third-order valence-corrected chi connectivity index (χ3v) is 3.02. The van der Waals surface area contributed by atoms with Crippen LogP contribution in [0.1, 0.15) is 78.6 Å². The largest absolute Gasteiger partial charge is 0.501 e. The number of hydrogen-bond donors (Lipinski definition) is 0. The Balaban J connectivity index is 3.17. The molecular weight excluding hydrogens is 196 g/mol. The average Bonchev–Trinajstić information content (AvgIpc) is 2.32. The summed E-state index contributed by atoms with van der Waals surface area (Å²) in [7, 11) is 0. The van der Waals surface area contributed by atoms with Crippen molar-refractivity contribution in [3.63, 3.8) is 0 Å². The van der Waals surface area contributed by atoms with E-state index < -0.39 is 0 Å². The quantitative estimate of drug-likeness (QED) is 0.336. The second kappa shape index (κ2) is 12.6. The topological polar surface area (TPSA) is 9.23 Å². The molecule has 0 heterocycles. The summed E-state index contributed by atoms with van der Waals surface area (Å²) in [5.41, 5.74) is 1.42. The van der Waals surface area contributed by atoms with Crippen LogP contribution in [0.5, 0.6) is 0 Å². The third-order valence-electron chi connectivity index (χ3n) is 3.02. The van der Waals surface area contributed by atoms with Crippen molar-refractivity contribution in [3.05, 3.63) is 11.8 Å². The van der Waals surface area contributed by atoms with Crippen LogP contribution in [0.15, 0.2) is 11.8 Å². The van der Waals surface area contributed by atoms with E-state index in [9.17, 15) is 0 Å². The van der Waals surface area contributed by atoms with Gasteiger partial charge in [0, 0.05) is 0 Å². The lowest BCUT2D eigenvalue weighted by Crippen LogP contribution is -1.90. The van der Waals surface area contributed by atoms with Crippen LogP contribution in [0.4, 0.5) is 0 Å². The van der Waals surface area contributed by atoms with Crippen molar-refractivity contribution in [2.75, 3.05) is 6.61 Å². The molecule has 0 radical (unpaired) electrons. The lowest BCUT2D eigenvalue weighted by molar-refractivity contribution is 0.236. The van der Waals surface area contributed by atoms with E-state index in [-0.39, 0.29) is 0 Å². The van der Waals surface area contributed by atoms with Crippen LogP contribution in [0.2, 0.25) is 0 Å². The maximum atomic E-state index is 5.54. The van der Waals surface area contributed by atoms with Crippen molar-refractivity contribution in [2.45, 2.75) is 78.6 Å². The Hall–Kier alpha value is -0.460. The van der Waals surface area contributed by atoms with Crippen LogP contribution in [0.3, 0.4) is 0 Å². The molecule has 0 N–H and O–H groups in total. The van der Waals surface area contributed by atoms with E-state index in [2.05, 4.69) is 20.8 Å². The molecule has 0 unspecified atom stereocenters. The fourth-order valence-corrected chi connectivity index (χ4v) is 1.74. The molecule has 0 rings (SSSR count). The van der Waals surface area contributed by atoms with Crippen molar-refractivity contribution in [3.8, 4) is 0 Å². The molecule has 96 valence electrons. The second-order valence-corrected chi connectivity index (χ2v) is 4.48. The molecule has 0 saturated carbocycles. The maximum Gasteiger partial charge on any atom is 0.0873 e. The molecule has 0 spiro atoms. The number of allylic oxidation sites excluding steroid dienone is 1. The van der Waals surface area contributed by atoms with Gasteiger partial charge in [0.25, 0.3) is 0 Å². The van der Waals surface area contributed by atoms with Gasteiger partial charge in [0.05, 0.1) is 12.9 Å². The van der Waals surface area contributed by atoms with Gasteiger partial charge in [-0.25, -0.2) is 0 Å². The van der Waals surface area contributed by atoms with E-state index in [0.29, 0.717) is 0 Å². The fourth-order valence-electron chi connectivity index (χ4n) is 1.74. The van der Waals surface area contributed by atoms with Crippen molar-refractivity contribution in [1.29, 1.82) is 0 Å². The summed E-state index contributed by atoms with van der Waals surface area (Å²) in [5, 5.41) is 0. The SMILES string of the molecule is CCCCCCCCCOC=C(CC)CC. The lowest BCUT2D eigenvalue weighted by Gasteiger charge is -2.04. The second-order valence-electron chi connectivity index (χ2n) is 4.48. The Bertz CT molecular complexity index is 155. The van der Waals surface area contributed by atoms with Gasteiger partial charge in [-0.1, -0.05) is 59.3 Å². The molecule has 0 aliphatic rings. The minimum absolute atomic E-state index is 0.900. The molecule has 0 bridgehead atoms. The summed E-state index contributed by atoms with van der Waals surface area (Å²) in [6, 6.07) is 0. The molecule has 0 amide bonds. The zero-order chi connectivity index (χ0) is 12.1. The molecule has 0 atom stereocenters. The Morgan fingerprint density at radius 3 is 1.94 bits per heavy atom. The van der Waals surface area contributed by atoms with E-state index >= 15 is 0 Å². The highest BCUT2D eigenvalue weighted by atomic mass is 16.5. The van der Waals surface area contributed by atoms with Crippen molar-refractivity contribution >= 4 is 0 Å². The lowest BCUT2D eigenvalue weighted by atomic mass is 10.1. The number of ether oxygens (including phenoxy) is 1. The molecule has 0 aliphatic heterocycles. The summed E-state index contributed by atoms with van der Waals surface area (Å²) in [6.45, 7) is 7.54. The first-order valence-electron chi connectivity index (χ1n) is 7.14. The number of rotatable bonds is 11. The summed E-state index contributed by atoms with van der Waals surface area (Å²) < 4.78 is 5.54. The summed E-state index contributed by atoms with van der Waals surface area (Å²) >= 11 is 0. The molecule has 0 saturated heterocycles. The smallest absolute Gasteiger partial charge is 0.0873 e. The molecule has 1 nitrogen and oxygen atoms in total. The number of unbranched alkanes of at least 4 members (excludes halogenated alkanes) is 6. The van der Waals surface area contributed by atoms with Gasteiger partial charge in [0.2, 0.25) is 0 Å². The van der Waals surface area contributed by atoms with Gasteiger partial charge in [0.15, 0.2) is 0 Å². The van der Waals surface area contributed by atoms with Crippen molar-refractivity contribution in [2.24, 2.45) is 0 Å². The van der Waals surface area contributed by atoms with E-state index in [4.69, 9.17) is 4.74 Å². The van der Waals surface area contributed by atoms with E-state index in [0.717, 1.165) is 19.4 Å². The van der Waals surface area contributed by atoms with E-state index in [1.165, 1.54) is 50.5 Å². The van der Waals surface area contributed by atoms with Gasteiger partial charge in [-0.3, -0.25) is 0 Å². The maximum absolute atomic E-state index is 5.54. The highest BCUT2D eigenvalue weighted by molar-refractivity contribution is 4.95. The predicted octanol–water partition coefficient (Wildman–Crippen LogP) is 5.46. The van der Waals surface area contributed by atoms with Crippen LogP contribution in [0, 0.1) is 0 Å². The standard InChI is InChI=1S/C15H30O/c1-4-7-8-9-10-11-12-13-16-14-15(5-2)6-3/h14H,4-13H2,1-3H3. The monoisotopic (exact) mass is 226 g/mol. The summed E-state index contributed by atoms with van der Waals surface area (Å²) in [4.78, 5) is 0. The average molecular weight is 226 g/mol. The molecule has 0 aromatic rings. The molecule has 16 heavy (non-hydrogen) atoms. The highest BCUT2D eigenvalue weighted by Crippen LogP contribution is 2.08. The number of hydrogen-bond acceptors (Lipinski definition) is 1. The first kappa shape index (κ1) is 15.5. The zero-order valence-electron chi connectivity index (χ0n) is 11.6. The molecular formula is C15H30O.